The second-order valence-corrected chi connectivity index (χ2v) is 3.25. The summed E-state index contributed by atoms with van der Waals surface area (Å²) in [5, 5.41) is 2.37. The Morgan fingerprint density at radius 3 is 2.93 bits per heavy atom. The van der Waals surface area contributed by atoms with E-state index < -0.39 is 0 Å². The lowest BCUT2D eigenvalue weighted by atomic mass is 10.2. The van der Waals surface area contributed by atoms with Gasteiger partial charge in [-0.1, -0.05) is 18.7 Å². The maximum absolute atomic E-state index is 5.47. The maximum atomic E-state index is 5.47. The largest absolute Gasteiger partial charge is 0.358 e. The van der Waals surface area contributed by atoms with E-state index in [9.17, 15) is 0 Å². The minimum Gasteiger partial charge on any atom is -0.358 e. The molecule has 76 valence electrons. The SMILES string of the molecule is C=C/C=c1/[nH]c(CCCN)c/c1=C/C. The van der Waals surface area contributed by atoms with Crippen LogP contribution in [-0.2, 0) is 6.42 Å². The molecule has 0 amide bonds. The van der Waals surface area contributed by atoms with E-state index in [1.54, 1.807) is 6.08 Å². The highest BCUT2D eigenvalue weighted by Gasteiger charge is 1.94. The van der Waals surface area contributed by atoms with Gasteiger partial charge in [0, 0.05) is 11.0 Å². The molecule has 0 bridgehead atoms. The molecule has 0 aliphatic carbocycles. The first-order valence-electron chi connectivity index (χ1n) is 4.99. The normalized spacial score (nSPS) is 13.6. The molecule has 0 unspecified atom stereocenters. The first-order valence-corrected chi connectivity index (χ1v) is 4.99. The fraction of sp³-hybridized carbons (Fsp3) is 0.333. The minimum absolute atomic E-state index is 0.741. The lowest BCUT2D eigenvalue weighted by molar-refractivity contribution is 0.814. The van der Waals surface area contributed by atoms with E-state index in [2.05, 4.69) is 23.7 Å². The van der Waals surface area contributed by atoms with Crippen molar-refractivity contribution >= 4 is 12.2 Å². The van der Waals surface area contributed by atoms with Crippen molar-refractivity contribution in [3.63, 3.8) is 0 Å². The summed E-state index contributed by atoms with van der Waals surface area (Å²) >= 11 is 0. The number of nitrogens with two attached hydrogens (primary N) is 1. The van der Waals surface area contributed by atoms with Crippen molar-refractivity contribution in [1.82, 2.24) is 4.98 Å². The number of hydrogen-bond donors (Lipinski definition) is 2. The highest BCUT2D eigenvalue weighted by molar-refractivity contribution is 5.36. The Bertz CT molecular complexity index is 398. The Labute approximate surface area is 84.8 Å². The van der Waals surface area contributed by atoms with Gasteiger partial charge in [0.25, 0.3) is 0 Å². The highest BCUT2D eigenvalue weighted by atomic mass is 14.7. The Kier molecular flexibility index (Phi) is 4.20. The van der Waals surface area contributed by atoms with Crippen LogP contribution in [0.1, 0.15) is 19.0 Å². The quantitative estimate of drug-likeness (QED) is 0.720. The summed E-state index contributed by atoms with van der Waals surface area (Å²) < 4.78 is 0. The molecule has 0 spiro atoms. The van der Waals surface area contributed by atoms with Crippen LogP contribution >= 0.6 is 0 Å². The van der Waals surface area contributed by atoms with Crippen molar-refractivity contribution in [2.75, 3.05) is 6.54 Å². The van der Waals surface area contributed by atoms with Gasteiger partial charge in [0.1, 0.15) is 0 Å². The van der Waals surface area contributed by atoms with E-state index in [0.29, 0.717) is 0 Å². The predicted octanol–water partition coefficient (Wildman–Crippen LogP) is 0.673. The number of aromatic nitrogens is 1. The Morgan fingerprint density at radius 2 is 2.36 bits per heavy atom. The summed E-state index contributed by atoms with van der Waals surface area (Å²) in [6, 6.07) is 2.17. The number of aromatic amines is 1. The van der Waals surface area contributed by atoms with Gasteiger partial charge in [0.05, 0.1) is 0 Å². The van der Waals surface area contributed by atoms with E-state index in [1.807, 2.05) is 13.0 Å². The van der Waals surface area contributed by atoms with Gasteiger partial charge in [0.15, 0.2) is 0 Å². The van der Waals surface area contributed by atoms with Crippen molar-refractivity contribution in [2.45, 2.75) is 19.8 Å². The summed E-state index contributed by atoms with van der Waals surface area (Å²) in [5.74, 6) is 0. The predicted molar refractivity (Wildman–Crippen MR) is 62.2 cm³/mol. The molecule has 0 saturated heterocycles. The van der Waals surface area contributed by atoms with Crippen LogP contribution in [0.15, 0.2) is 18.7 Å². The first-order chi connectivity index (χ1) is 6.81. The van der Waals surface area contributed by atoms with Gasteiger partial charge in [-0.25, -0.2) is 0 Å². The molecule has 1 rings (SSSR count). The second kappa shape index (κ2) is 5.45. The Morgan fingerprint density at radius 1 is 1.57 bits per heavy atom. The van der Waals surface area contributed by atoms with Crippen molar-refractivity contribution in [2.24, 2.45) is 5.73 Å². The fourth-order valence-electron chi connectivity index (χ4n) is 1.47. The zero-order valence-corrected chi connectivity index (χ0v) is 8.72. The number of H-pyrrole nitrogens is 1. The van der Waals surface area contributed by atoms with Crippen LogP contribution in [0.4, 0.5) is 0 Å². The van der Waals surface area contributed by atoms with Crippen LogP contribution in [-0.4, -0.2) is 11.5 Å². The summed E-state index contributed by atoms with van der Waals surface area (Å²) in [4.78, 5) is 3.35. The zero-order valence-electron chi connectivity index (χ0n) is 8.72. The van der Waals surface area contributed by atoms with Crippen molar-refractivity contribution in [3.8, 4) is 0 Å². The number of nitrogens with one attached hydrogen (secondary N) is 1. The van der Waals surface area contributed by atoms with Gasteiger partial charge in [0.2, 0.25) is 0 Å². The van der Waals surface area contributed by atoms with Crippen LogP contribution in [0, 0.1) is 0 Å². The van der Waals surface area contributed by atoms with Gasteiger partial charge < -0.3 is 10.7 Å². The van der Waals surface area contributed by atoms with Crippen LogP contribution in [0.3, 0.4) is 0 Å². The van der Waals surface area contributed by atoms with E-state index in [4.69, 9.17) is 5.73 Å². The van der Waals surface area contributed by atoms with Gasteiger partial charge in [-0.3, -0.25) is 0 Å². The number of allylic oxidation sites excluding steroid dienone is 1. The molecule has 1 aromatic rings. The average Bonchev–Trinajstić information content (AvgIpc) is 2.58. The highest BCUT2D eigenvalue weighted by Crippen LogP contribution is 1.92. The van der Waals surface area contributed by atoms with Gasteiger partial charge in [-0.2, -0.15) is 0 Å². The van der Waals surface area contributed by atoms with E-state index in [-0.39, 0.29) is 0 Å². The molecule has 0 radical (unpaired) electrons. The molecule has 2 heteroatoms. The molecule has 0 fully saturated rings. The summed E-state index contributed by atoms with van der Waals surface area (Å²) in [7, 11) is 0. The Hall–Kier alpha value is -1.28. The minimum atomic E-state index is 0.741. The van der Waals surface area contributed by atoms with Gasteiger partial charge >= 0.3 is 0 Å². The molecular formula is C12H18N2. The van der Waals surface area contributed by atoms with Crippen LogP contribution in [0.2, 0.25) is 0 Å². The van der Waals surface area contributed by atoms with E-state index >= 15 is 0 Å². The van der Waals surface area contributed by atoms with Gasteiger partial charge in [-0.15, -0.1) is 0 Å². The fourth-order valence-corrected chi connectivity index (χ4v) is 1.47. The third-order valence-corrected chi connectivity index (χ3v) is 2.18. The second-order valence-electron chi connectivity index (χ2n) is 3.25. The first kappa shape index (κ1) is 10.8. The number of hydrogen-bond acceptors (Lipinski definition) is 1. The maximum Gasteiger partial charge on any atom is 0.0452 e. The monoisotopic (exact) mass is 190 g/mol. The van der Waals surface area contributed by atoms with Gasteiger partial charge in [-0.05, 0) is 43.7 Å². The van der Waals surface area contributed by atoms with Crippen LogP contribution < -0.4 is 16.3 Å². The molecule has 0 aliphatic heterocycles. The standard InChI is InChI=1S/C12H18N2/c1-3-6-12-10(4-2)9-11(14-12)7-5-8-13/h3-4,6,9,14H,1,5,7-8,13H2,2H3/b10-4-,12-6+. The molecule has 1 heterocycles. The van der Waals surface area contributed by atoms with Crippen molar-refractivity contribution in [1.29, 1.82) is 0 Å². The van der Waals surface area contributed by atoms with Crippen molar-refractivity contribution < 1.29 is 0 Å². The Balaban J connectivity index is 3.02. The lowest BCUT2D eigenvalue weighted by Gasteiger charge is -1.92. The molecule has 2 nitrogen and oxygen atoms in total. The smallest absolute Gasteiger partial charge is 0.0452 e. The number of aryl methyl sites for hydroxylation is 1. The molecular weight excluding hydrogens is 172 g/mol. The molecule has 1 aromatic heterocycles. The number of rotatable bonds is 4. The van der Waals surface area contributed by atoms with E-state index in [1.165, 1.54) is 10.9 Å². The van der Waals surface area contributed by atoms with Crippen molar-refractivity contribution in [3.05, 3.63) is 35.0 Å². The average molecular weight is 190 g/mol. The molecule has 14 heavy (non-hydrogen) atoms. The van der Waals surface area contributed by atoms with Crippen LogP contribution in [0.5, 0.6) is 0 Å². The molecule has 0 saturated carbocycles. The molecule has 0 atom stereocenters. The summed E-state index contributed by atoms with van der Waals surface area (Å²) in [6.45, 7) is 6.47. The molecule has 3 N–H and O–H groups in total. The summed E-state index contributed by atoms with van der Waals surface area (Å²) in [6.07, 6.45) is 7.92. The van der Waals surface area contributed by atoms with E-state index in [0.717, 1.165) is 24.7 Å². The third kappa shape index (κ3) is 2.60. The molecule has 0 aromatic carbocycles. The lowest BCUT2D eigenvalue weighted by Crippen LogP contribution is -2.20. The third-order valence-electron chi connectivity index (χ3n) is 2.18. The summed E-state index contributed by atoms with van der Waals surface area (Å²) in [5.41, 5.74) is 6.71. The topological polar surface area (TPSA) is 41.8 Å². The zero-order chi connectivity index (χ0) is 10.4. The molecule has 0 aliphatic rings. The van der Waals surface area contributed by atoms with Crippen LogP contribution in [0.25, 0.3) is 12.2 Å².